The largest absolute Gasteiger partial charge is 0.306 e. The lowest BCUT2D eigenvalue weighted by atomic mass is 9.74. The van der Waals surface area contributed by atoms with Crippen LogP contribution in [0.3, 0.4) is 0 Å². The molecular weight excluding hydrogens is 210 g/mol. The highest BCUT2D eigenvalue weighted by Crippen LogP contribution is 2.32. The fourth-order valence-corrected chi connectivity index (χ4v) is 2.26. The molecule has 1 fully saturated rings. The van der Waals surface area contributed by atoms with Crippen LogP contribution < -0.4 is 0 Å². The van der Waals surface area contributed by atoms with Gasteiger partial charge in [-0.2, -0.15) is 0 Å². The van der Waals surface area contributed by atoms with Crippen molar-refractivity contribution in [3.8, 4) is 0 Å². The Kier molecular flexibility index (Phi) is 5.11. The molecule has 0 amide bonds. The fourth-order valence-electron chi connectivity index (χ4n) is 2.26. The predicted octanol–water partition coefficient (Wildman–Crippen LogP) is 2.65. The maximum Gasteiger partial charge on any atom is 0.130 e. The molecule has 0 spiro atoms. The molecule has 1 aromatic rings. The maximum absolute atomic E-state index is 11.4. The number of hydrogen-bond donors (Lipinski definition) is 0. The Labute approximate surface area is 104 Å². The lowest BCUT2D eigenvalue weighted by Crippen LogP contribution is -2.41. The summed E-state index contributed by atoms with van der Waals surface area (Å²) in [6.07, 6.45) is 3.03. The van der Waals surface area contributed by atoms with Crippen molar-refractivity contribution in [1.82, 2.24) is 4.90 Å². The zero-order valence-electron chi connectivity index (χ0n) is 10.6. The summed E-state index contributed by atoms with van der Waals surface area (Å²) in [7, 11) is 2.11. The Bertz CT molecular complexity index is 339. The first kappa shape index (κ1) is 13.7. The molecule has 0 unspecified atom stereocenters. The minimum Gasteiger partial charge on any atom is -0.306 e. The third-order valence-corrected chi connectivity index (χ3v) is 3.45. The van der Waals surface area contributed by atoms with Gasteiger partial charge in [0.15, 0.2) is 0 Å². The zero-order chi connectivity index (χ0) is 12.7. The van der Waals surface area contributed by atoms with Gasteiger partial charge in [0.1, 0.15) is 6.29 Å². The second kappa shape index (κ2) is 6.36. The predicted molar refractivity (Wildman–Crippen MR) is 72.2 cm³/mol. The average molecular weight is 231 g/mol. The molecular formula is C15H21NO. The molecule has 92 valence electrons. The monoisotopic (exact) mass is 231 g/mol. The van der Waals surface area contributed by atoms with E-state index in [0.29, 0.717) is 0 Å². The topological polar surface area (TPSA) is 20.3 Å². The summed E-state index contributed by atoms with van der Waals surface area (Å²) in [6.45, 7) is 8.02. The van der Waals surface area contributed by atoms with Crippen molar-refractivity contribution in [1.29, 1.82) is 0 Å². The van der Waals surface area contributed by atoms with E-state index in [1.54, 1.807) is 0 Å². The number of hydrogen-bond acceptors (Lipinski definition) is 2. The molecule has 1 saturated heterocycles. The molecule has 1 aliphatic rings. The summed E-state index contributed by atoms with van der Waals surface area (Å²) in [4.78, 5) is 13.7. The van der Waals surface area contributed by atoms with E-state index in [0.717, 1.165) is 32.2 Å². The van der Waals surface area contributed by atoms with E-state index in [2.05, 4.69) is 37.2 Å². The number of benzene rings is 1. The highest BCUT2D eigenvalue weighted by Gasteiger charge is 2.34. The summed E-state index contributed by atoms with van der Waals surface area (Å²) in [5, 5.41) is 0. The second-order valence-electron chi connectivity index (χ2n) is 4.44. The Morgan fingerprint density at radius 2 is 1.71 bits per heavy atom. The molecule has 17 heavy (non-hydrogen) atoms. The molecule has 0 aromatic heterocycles. The molecule has 0 N–H and O–H groups in total. The van der Waals surface area contributed by atoms with Crippen molar-refractivity contribution in [3.63, 3.8) is 0 Å². The van der Waals surface area contributed by atoms with Crippen LogP contribution in [0.2, 0.25) is 0 Å². The van der Waals surface area contributed by atoms with Crippen LogP contribution in [0.25, 0.3) is 0 Å². The van der Waals surface area contributed by atoms with Crippen LogP contribution in [0.5, 0.6) is 0 Å². The van der Waals surface area contributed by atoms with Crippen molar-refractivity contribution < 1.29 is 4.79 Å². The van der Waals surface area contributed by atoms with E-state index in [1.165, 1.54) is 5.56 Å². The standard InChI is InChI=1S/C13H17NO.C2H4/c1-14-9-7-13(11-15,8-10-14)12-5-3-2-4-6-12;1-2/h2-6,11H,7-10H2,1H3;1-2H2. The van der Waals surface area contributed by atoms with Gasteiger partial charge in [-0.3, -0.25) is 0 Å². The molecule has 0 radical (unpaired) electrons. The van der Waals surface area contributed by atoms with Gasteiger partial charge in [-0.15, -0.1) is 13.2 Å². The second-order valence-corrected chi connectivity index (χ2v) is 4.44. The number of carbonyl (C=O) groups is 1. The van der Waals surface area contributed by atoms with Gasteiger partial charge in [0.25, 0.3) is 0 Å². The number of carbonyl (C=O) groups excluding carboxylic acids is 1. The molecule has 1 aliphatic heterocycles. The molecule has 0 aliphatic carbocycles. The molecule has 2 rings (SSSR count). The van der Waals surface area contributed by atoms with Gasteiger partial charge >= 0.3 is 0 Å². The summed E-state index contributed by atoms with van der Waals surface area (Å²) >= 11 is 0. The van der Waals surface area contributed by atoms with Crippen LogP contribution in [0.15, 0.2) is 43.5 Å². The van der Waals surface area contributed by atoms with Gasteiger partial charge < -0.3 is 9.69 Å². The van der Waals surface area contributed by atoms with E-state index in [1.807, 2.05) is 18.2 Å². The van der Waals surface area contributed by atoms with Crippen molar-refractivity contribution in [2.24, 2.45) is 0 Å². The summed E-state index contributed by atoms with van der Waals surface area (Å²) < 4.78 is 0. The Hall–Kier alpha value is -1.41. The summed E-state index contributed by atoms with van der Waals surface area (Å²) in [5.74, 6) is 0. The van der Waals surface area contributed by atoms with Gasteiger partial charge in [0.2, 0.25) is 0 Å². The molecule has 0 atom stereocenters. The fraction of sp³-hybridized carbons (Fsp3) is 0.400. The van der Waals surface area contributed by atoms with Gasteiger partial charge in [-0.25, -0.2) is 0 Å². The summed E-state index contributed by atoms with van der Waals surface area (Å²) in [6, 6.07) is 10.2. The van der Waals surface area contributed by atoms with Crippen LogP contribution in [-0.2, 0) is 10.2 Å². The molecule has 2 heteroatoms. The maximum atomic E-state index is 11.4. The normalized spacial score (nSPS) is 18.9. The first-order valence-electron chi connectivity index (χ1n) is 5.97. The highest BCUT2D eigenvalue weighted by atomic mass is 16.1. The van der Waals surface area contributed by atoms with E-state index >= 15 is 0 Å². The van der Waals surface area contributed by atoms with Crippen molar-refractivity contribution in [2.75, 3.05) is 20.1 Å². The Balaban J connectivity index is 0.000000686. The molecule has 1 heterocycles. The Morgan fingerprint density at radius 3 is 2.18 bits per heavy atom. The van der Waals surface area contributed by atoms with Crippen LogP contribution in [0, 0.1) is 0 Å². The quantitative estimate of drug-likeness (QED) is 0.576. The van der Waals surface area contributed by atoms with Crippen LogP contribution in [-0.4, -0.2) is 31.3 Å². The van der Waals surface area contributed by atoms with Crippen LogP contribution in [0.1, 0.15) is 18.4 Å². The van der Waals surface area contributed by atoms with Gasteiger partial charge in [0, 0.05) is 0 Å². The lowest BCUT2D eigenvalue weighted by molar-refractivity contribution is -0.114. The summed E-state index contributed by atoms with van der Waals surface area (Å²) in [5.41, 5.74) is 0.946. The number of likely N-dealkylation sites (tertiary alicyclic amines) is 1. The van der Waals surface area contributed by atoms with Crippen LogP contribution >= 0.6 is 0 Å². The third kappa shape index (κ3) is 3.04. The number of nitrogens with zero attached hydrogens (tertiary/aromatic N) is 1. The first-order valence-corrected chi connectivity index (χ1v) is 5.97. The van der Waals surface area contributed by atoms with Gasteiger partial charge in [-0.1, -0.05) is 30.3 Å². The van der Waals surface area contributed by atoms with E-state index in [-0.39, 0.29) is 5.41 Å². The van der Waals surface area contributed by atoms with Gasteiger partial charge in [-0.05, 0) is 38.5 Å². The molecule has 0 bridgehead atoms. The number of piperidine rings is 1. The SMILES string of the molecule is C=C.CN1CCC(C=O)(c2ccccc2)CC1. The van der Waals surface area contributed by atoms with Gasteiger partial charge in [0.05, 0.1) is 5.41 Å². The zero-order valence-corrected chi connectivity index (χ0v) is 10.6. The molecule has 1 aromatic carbocycles. The third-order valence-electron chi connectivity index (χ3n) is 3.45. The van der Waals surface area contributed by atoms with Crippen molar-refractivity contribution >= 4 is 6.29 Å². The van der Waals surface area contributed by atoms with Crippen LogP contribution in [0.4, 0.5) is 0 Å². The van der Waals surface area contributed by atoms with Crippen molar-refractivity contribution in [3.05, 3.63) is 49.1 Å². The molecule has 2 nitrogen and oxygen atoms in total. The van der Waals surface area contributed by atoms with E-state index < -0.39 is 0 Å². The minimum atomic E-state index is -0.228. The lowest BCUT2D eigenvalue weighted by Gasteiger charge is -2.36. The highest BCUT2D eigenvalue weighted by molar-refractivity contribution is 5.68. The number of aldehydes is 1. The molecule has 0 saturated carbocycles. The smallest absolute Gasteiger partial charge is 0.130 e. The van der Waals surface area contributed by atoms with Crippen molar-refractivity contribution in [2.45, 2.75) is 18.3 Å². The number of rotatable bonds is 2. The van der Waals surface area contributed by atoms with E-state index in [4.69, 9.17) is 0 Å². The first-order chi connectivity index (χ1) is 8.27. The minimum absolute atomic E-state index is 0.228. The Morgan fingerprint density at radius 1 is 1.18 bits per heavy atom. The average Bonchev–Trinajstić information content (AvgIpc) is 2.43. The van der Waals surface area contributed by atoms with E-state index in [9.17, 15) is 4.79 Å².